The van der Waals surface area contributed by atoms with Gasteiger partial charge in [0.1, 0.15) is 11.5 Å². The summed E-state index contributed by atoms with van der Waals surface area (Å²) in [5.41, 5.74) is 0. The number of rotatable bonds is 5. The molecule has 0 radical (unpaired) electrons. The Hall–Kier alpha value is -1.73. The third kappa shape index (κ3) is 3.97. The molecule has 4 nitrogen and oxygen atoms in total. The molecule has 2 atom stereocenters. The zero-order valence-corrected chi connectivity index (χ0v) is 10.4. The van der Waals surface area contributed by atoms with Crippen LogP contribution in [0.3, 0.4) is 0 Å². The standard InChI is InChI=1S/C13H18N2O2/c1-5-8-14-13(16)11(4)15-10(3)12-7-6-9(2)17-12/h1,6-7,10-11,15H,8H2,2-4H3,(H,14,16). The molecule has 0 aromatic carbocycles. The number of carbonyl (C=O) groups excluding carboxylic acids is 1. The lowest BCUT2D eigenvalue weighted by molar-refractivity contribution is -0.122. The van der Waals surface area contributed by atoms with Gasteiger partial charge in [-0.25, -0.2) is 0 Å². The highest BCUT2D eigenvalue weighted by Crippen LogP contribution is 2.15. The molecule has 1 aromatic heterocycles. The van der Waals surface area contributed by atoms with Gasteiger partial charge >= 0.3 is 0 Å². The lowest BCUT2D eigenvalue weighted by atomic mass is 10.2. The van der Waals surface area contributed by atoms with Gasteiger partial charge in [-0.15, -0.1) is 6.42 Å². The van der Waals surface area contributed by atoms with Crippen LogP contribution in [0.4, 0.5) is 0 Å². The van der Waals surface area contributed by atoms with E-state index in [0.29, 0.717) is 0 Å². The third-order valence-corrected chi connectivity index (χ3v) is 2.45. The number of nitrogens with one attached hydrogen (secondary N) is 2. The minimum Gasteiger partial charge on any atom is -0.465 e. The fraction of sp³-hybridized carbons (Fsp3) is 0.462. The van der Waals surface area contributed by atoms with Crippen molar-refractivity contribution in [1.82, 2.24) is 10.6 Å². The van der Waals surface area contributed by atoms with Crippen LogP contribution in [0, 0.1) is 19.3 Å². The average molecular weight is 234 g/mol. The van der Waals surface area contributed by atoms with Crippen LogP contribution in [0.1, 0.15) is 31.4 Å². The van der Waals surface area contributed by atoms with Crippen molar-refractivity contribution in [2.45, 2.75) is 32.9 Å². The molecule has 0 spiro atoms. The van der Waals surface area contributed by atoms with Gasteiger partial charge in [0.2, 0.25) is 5.91 Å². The van der Waals surface area contributed by atoms with Gasteiger partial charge in [0, 0.05) is 0 Å². The topological polar surface area (TPSA) is 54.3 Å². The number of hydrogen-bond acceptors (Lipinski definition) is 3. The molecule has 0 saturated heterocycles. The van der Waals surface area contributed by atoms with Crippen molar-refractivity contribution >= 4 is 5.91 Å². The zero-order valence-electron chi connectivity index (χ0n) is 10.4. The first-order valence-electron chi connectivity index (χ1n) is 5.58. The first-order chi connectivity index (χ1) is 8.04. The second-order valence-electron chi connectivity index (χ2n) is 3.98. The molecule has 0 aliphatic rings. The summed E-state index contributed by atoms with van der Waals surface area (Å²) in [6, 6.07) is 3.47. The number of carbonyl (C=O) groups is 1. The predicted octanol–water partition coefficient (Wildman–Crippen LogP) is 1.38. The van der Waals surface area contributed by atoms with E-state index in [9.17, 15) is 4.79 Å². The SMILES string of the molecule is C#CCNC(=O)C(C)NC(C)c1ccc(C)o1. The smallest absolute Gasteiger partial charge is 0.237 e. The number of terminal acetylenes is 1. The quantitative estimate of drug-likeness (QED) is 0.757. The van der Waals surface area contributed by atoms with Gasteiger partial charge in [0.15, 0.2) is 0 Å². The maximum Gasteiger partial charge on any atom is 0.237 e. The summed E-state index contributed by atoms with van der Waals surface area (Å²) in [6.45, 7) is 5.87. The van der Waals surface area contributed by atoms with Crippen LogP contribution in [-0.4, -0.2) is 18.5 Å². The van der Waals surface area contributed by atoms with Gasteiger partial charge in [-0.05, 0) is 32.9 Å². The Kier molecular flexibility index (Phi) is 4.80. The number of hydrogen-bond donors (Lipinski definition) is 2. The highest BCUT2D eigenvalue weighted by Gasteiger charge is 2.17. The highest BCUT2D eigenvalue weighted by molar-refractivity contribution is 5.81. The normalized spacial score (nSPS) is 13.8. The predicted molar refractivity (Wildman–Crippen MR) is 66.3 cm³/mol. The average Bonchev–Trinajstić information content (AvgIpc) is 2.72. The molecular weight excluding hydrogens is 216 g/mol. The largest absolute Gasteiger partial charge is 0.465 e. The van der Waals surface area contributed by atoms with Crippen molar-refractivity contribution in [2.24, 2.45) is 0 Å². The molecular formula is C13H18N2O2. The van der Waals surface area contributed by atoms with Crippen LogP contribution >= 0.6 is 0 Å². The Morgan fingerprint density at radius 2 is 2.24 bits per heavy atom. The van der Waals surface area contributed by atoms with Crippen LogP contribution in [0.15, 0.2) is 16.5 Å². The maximum absolute atomic E-state index is 11.6. The molecule has 2 unspecified atom stereocenters. The first-order valence-corrected chi connectivity index (χ1v) is 5.58. The molecule has 92 valence electrons. The molecule has 0 saturated carbocycles. The van der Waals surface area contributed by atoms with Crippen molar-refractivity contribution in [3.05, 3.63) is 23.7 Å². The molecule has 0 bridgehead atoms. The minimum absolute atomic E-state index is 0.0183. The lowest BCUT2D eigenvalue weighted by Gasteiger charge is -2.17. The Labute approximate surface area is 102 Å². The second-order valence-corrected chi connectivity index (χ2v) is 3.98. The number of furan rings is 1. The van der Waals surface area contributed by atoms with E-state index in [2.05, 4.69) is 16.6 Å². The van der Waals surface area contributed by atoms with Gasteiger partial charge in [-0.1, -0.05) is 5.92 Å². The molecule has 4 heteroatoms. The van der Waals surface area contributed by atoms with Gasteiger partial charge in [0.05, 0.1) is 18.6 Å². The van der Waals surface area contributed by atoms with E-state index in [1.807, 2.05) is 26.0 Å². The molecule has 0 aliphatic heterocycles. The summed E-state index contributed by atoms with van der Waals surface area (Å²) >= 11 is 0. The highest BCUT2D eigenvalue weighted by atomic mass is 16.3. The van der Waals surface area contributed by atoms with E-state index in [1.54, 1.807) is 6.92 Å². The van der Waals surface area contributed by atoms with Crippen molar-refractivity contribution in [3.63, 3.8) is 0 Å². The van der Waals surface area contributed by atoms with E-state index >= 15 is 0 Å². The van der Waals surface area contributed by atoms with E-state index in [4.69, 9.17) is 10.8 Å². The van der Waals surface area contributed by atoms with Crippen LogP contribution in [-0.2, 0) is 4.79 Å². The lowest BCUT2D eigenvalue weighted by Crippen LogP contribution is -2.43. The van der Waals surface area contributed by atoms with Gasteiger partial charge in [-0.2, -0.15) is 0 Å². The molecule has 1 aromatic rings. The Morgan fingerprint density at radius 3 is 2.76 bits per heavy atom. The summed E-state index contributed by atoms with van der Waals surface area (Å²) in [7, 11) is 0. The Morgan fingerprint density at radius 1 is 1.53 bits per heavy atom. The summed E-state index contributed by atoms with van der Waals surface area (Å²) in [5.74, 6) is 3.93. The van der Waals surface area contributed by atoms with Crippen LogP contribution in [0.5, 0.6) is 0 Å². The molecule has 2 N–H and O–H groups in total. The van der Waals surface area contributed by atoms with E-state index in [1.165, 1.54) is 0 Å². The van der Waals surface area contributed by atoms with Crippen molar-refractivity contribution in [1.29, 1.82) is 0 Å². The molecule has 17 heavy (non-hydrogen) atoms. The molecule has 0 aliphatic carbocycles. The zero-order chi connectivity index (χ0) is 12.8. The van der Waals surface area contributed by atoms with Gasteiger partial charge < -0.3 is 9.73 Å². The number of amides is 1. The number of aryl methyl sites for hydroxylation is 1. The molecule has 1 rings (SSSR count). The second kappa shape index (κ2) is 6.12. The fourth-order valence-electron chi connectivity index (χ4n) is 1.51. The van der Waals surface area contributed by atoms with Gasteiger partial charge in [0.25, 0.3) is 0 Å². The molecule has 1 heterocycles. The first kappa shape index (κ1) is 13.3. The summed E-state index contributed by atoms with van der Waals surface area (Å²) < 4.78 is 5.48. The summed E-state index contributed by atoms with van der Waals surface area (Å²) in [5, 5.41) is 5.77. The molecule has 0 fully saturated rings. The maximum atomic E-state index is 11.6. The van der Waals surface area contributed by atoms with E-state index in [0.717, 1.165) is 11.5 Å². The summed E-state index contributed by atoms with van der Waals surface area (Å²) in [6.07, 6.45) is 5.07. The monoisotopic (exact) mass is 234 g/mol. The van der Waals surface area contributed by atoms with Crippen molar-refractivity contribution in [3.8, 4) is 12.3 Å². The van der Waals surface area contributed by atoms with Crippen LogP contribution in [0.2, 0.25) is 0 Å². The van der Waals surface area contributed by atoms with Crippen LogP contribution < -0.4 is 10.6 Å². The molecule has 1 amide bonds. The van der Waals surface area contributed by atoms with Crippen LogP contribution in [0.25, 0.3) is 0 Å². The van der Waals surface area contributed by atoms with Crippen molar-refractivity contribution < 1.29 is 9.21 Å². The third-order valence-electron chi connectivity index (χ3n) is 2.45. The Balaban J connectivity index is 2.48. The fourth-order valence-corrected chi connectivity index (χ4v) is 1.51. The van der Waals surface area contributed by atoms with E-state index in [-0.39, 0.29) is 24.5 Å². The van der Waals surface area contributed by atoms with Gasteiger partial charge in [-0.3, -0.25) is 10.1 Å². The van der Waals surface area contributed by atoms with Crippen molar-refractivity contribution in [2.75, 3.05) is 6.54 Å². The summed E-state index contributed by atoms with van der Waals surface area (Å²) in [4.78, 5) is 11.6. The Bertz CT molecular complexity index is 417. The minimum atomic E-state index is -0.316. The van der Waals surface area contributed by atoms with E-state index < -0.39 is 0 Å².